The van der Waals surface area contributed by atoms with Crippen LogP contribution in [0.2, 0.25) is 0 Å². The van der Waals surface area contributed by atoms with Gasteiger partial charge in [0.1, 0.15) is 0 Å². The van der Waals surface area contributed by atoms with E-state index < -0.39 is 0 Å². The molecule has 1 heteroatoms. The Morgan fingerprint density at radius 2 is 1.33 bits per heavy atom. The Labute approximate surface area is 126 Å². The Hall–Kier alpha value is -1.86. The largest absolute Gasteiger partial charge is 0.309 e. The molecule has 0 spiro atoms. The first kappa shape index (κ1) is 12.8. The lowest BCUT2D eigenvalue weighted by Gasteiger charge is -2.40. The van der Waals surface area contributed by atoms with Gasteiger partial charge in [-0.05, 0) is 42.8 Å². The quantitative estimate of drug-likeness (QED) is 0.760. The second kappa shape index (κ2) is 4.85. The molecule has 21 heavy (non-hydrogen) atoms. The van der Waals surface area contributed by atoms with Crippen molar-refractivity contribution in [2.45, 2.75) is 18.3 Å². The van der Waals surface area contributed by atoms with Crippen LogP contribution in [0.1, 0.15) is 40.5 Å². The summed E-state index contributed by atoms with van der Waals surface area (Å²) in [4.78, 5) is 2.28. The van der Waals surface area contributed by atoms with Gasteiger partial charge >= 0.3 is 0 Å². The van der Waals surface area contributed by atoms with Crippen LogP contribution in [0.25, 0.3) is 0 Å². The lowest BCUT2D eigenvalue weighted by molar-refractivity contribution is 0.408. The summed E-state index contributed by atoms with van der Waals surface area (Å²) in [6.45, 7) is 1.12. The number of allylic oxidation sites excluding steroid dienone is 1. The fraction of sp³-hybridized carbons (Fsp3) is 0.300. The number of nitrogens with zero attached hydrogens (tertiary/aromatic N) is 1. The average Bonchev–Trinajstić information content (AvgIpc) is 2.53. The van der Waals surface area contributed by atoms with Gasteiger partial charge < -0.3 is 4.90 Å². The van der Waals surface area contributed by atoms with E-state index in [1.54, 1.807) is 5.57 Å². The summed E-state index contributed by atoms with van der Waals surface area (Å²) in [5.41, 5.74) is 7.67. The van der Waals surface area contributed by atoms with Gasteiger partial charge in [-0.2, -0.15) is 0 Å². The molecule has 0 heterocycles. The van der Waals surface area contributed by atoms with Crippen LogP contribution in [-0.4, -0.2) is 25.5 Å². The van der Waals surface area contributed by atoms with Gasteiger partial charge in [-0.1, -0.05) is 60.2 Å². The van der Waals surface area contributed by atoms with Crippen LogP contribution in [0, 0.1) is 0 Å². The van der Waals surface area contributed by atoms with Crippen molar-refractivity contribution in [1.29, 1.82) is 0 Å². The van der Waals surface area contributed by atoms with Gasteiger partial charge in [-0.15, -0.1) is 0 Å². The van der Waals surface area contributed by atoms with Gasteiger partial charge in [0.25, 0.3) is 0 Å². The van der Waals surface area contributed by atoms with Crippen molar-refractivity contribution in [1.82, 2.24) is 4.90 Å². The van der Waals surface area contributed by atoms with E-state index in [1.165, 1.54) is 22.3 Å². The van der Waals surface area contributed by atoms with Crippen LogP contribution in [0.5, 0.6) is 0 Å². The van der Waals surface area contributed by atoms with Crippen molar-refractivity contribution in [2.24, 2.45) is 0 Å². The zero-order chi connectivity index (χ0) is 14.4. The first-order valence-electron chi connectivity index (χ1n) is 7.78. The molecule has 3 aliphatic carbocycles. The van der Waals surface area contributed by atoms with Crippen LogP contribution < -0.4 is 0 Å². The molecule has 0 unspecified atom stereocenters. The monoisotopic (exact) mass is 275 g/mol. The van der Waals surface area contributed by atoms with Crippen LogP contribution >= 0.6 is 0 Å². The summed E-state index contributed by atoms with van der Waals surface area (Å²) >= 11 is 0. The standard InChI is InChI=1S/C20H21N/c1-21(2)12-11-14-13-19-15-7-3-5-9-17(15)20(14)18-10-6-4-8-16(18)19/h3-10,13,19-20H,11-12H2,1-2H3. The van der Waals surface area contributed by atoms with Crippen molar-refractivity contribution < 1.29 is 0 Å². The van der Waals surface area contributed by atoms with Gasteiger partial charge in [0.2, 0.25) is 0 Å². The molecule has 0 saturated carbocycles. The van der Waals surface area contributed by atoms with E-state index in [1.807, 2.05) is 0 Å². The highest BCUT2D eigenvalue weighted by Crippen LogP contribution is 2.52. The molecule has 0 aromatic heterocycles. The topological polar surface area (TPSA) is 3.24 Å². The van der Waals surface area contributed by atoms with Crippen LogP contribution in [-0.2, 0) is 0 Å². The Morgan fingerprint density at radius 1 is 0.810 bits per heavy atom. The molecular formula is C20H21N. The maximum atomic E-state index is 2.53. The molecule has 0 aliphatic heterocycles. The Bertz CT molecular complexity index is 664. The minimum absolute atomic E-state index is 0.458. The maximum Gasteiger partial charge on any atom is 0.0305 e. The fourth-order valence-corrected chi connectivity index (χ4v) is 3.92. The normalized spacial score (nSPS) is 22.0. The molecule has 2 aromatic carbocycles. The molecule has 0 atom stereocenters. The summed E-state index contributed by atoms with van der Waals surface area (Å²) in [5.74, 6) is 0.932. The Balaban J connectivity index is 1.83. The van der Waals surface area contributed by atoms with Crippen LogP contribution in [0.4, 0.5) is 0 Å². The highest BCUT2D eigenvalue weighted by atomic mass is 15.0. The number of rotatable bonds is 3. The van der Waals surface area contributed by atoms with Crippen molar-refractivity contribution in [3.8, 4) is 0 Å². The molecule has 2 bridgehead atoms. The number of hydrogen-bond donors (Lipinski definition) is 0. The second-order valence-electron chi connectivity index (χ2n) is 6.46. The Kier molecular flexibility index (Phi) is 2.97. The second-order valence-corrected chi connectivity index (χ2v) is 6.46. The molecular weight excluding hydrogens is 254 g/mol. The average molecular weight is 275 g/mol. The third kappa shape index (κ3) is 1.96. The number of benzene rings is 2. The van der Waals surface area contributed by atoms with E-state index in [0.29, 0.717) is 11.8 Å². The van der Waals surface area contributed by atoms with Crippen molar-refractivity contribution in [3.63, 3.8) is 0 Å². The third-order valence-electron chi connectivity index (χ3n) is 4.88. The SMILES string of the molecule is CN(C)CCC1=CC2c3ccccc3C1c1ccccc12. The maximum absolute atomic E-state index is 2.53. The van der Waals surface area contributed by atoms with Gasteiger partial charge in [0.15, 0.2) is 0 Å². The molecule has 0 radical (unpaired) electrons. The van der Waals surface area contributed by atoms with Gasteiger partial charge in [0, 0.05) is 18.4 Å². The van der Waals surface area contributed by atoms with E-state index in [2.05, 4.69) is 73.6 Å². The molecule has 0 fully saturated rings. The lowest BCUT2D eigenvalue weighted by Crippen LogP contribution is -2.26. The molecule has 3 aliphatic rings. The van der Waals surface area contributed by atoms with E-state index >= 15 is 0 Å². The van der Waals surface area contributed by atoms with Crippen molar-refractivity contribution >= 4 is 0 Å². The molecule has 1 nitrogen and oxygen atoms in total. The van der Waals surface area contributed by atoms with Gasteiger partial charge in [-0.25, -0.2) is 0 Å². The van der Waals surface area contributed by atoms with E-state index in [4.69, 9.17) is 0 Å². The summed E-state index contributed by atoms with van der Waals surface area (Å²) in [6.07, 6.45) is 3.69. The summed E-state index contributed by atoms with van der Waals surface area (Å²) in [5, 5.41) is 0. The van der Waals surface area contributed by atoms with Crippen molar-refractivity contribution in [2.75, 3.05) is 20.6 Å². The highest BCUT2D eigenvalue weighted by molar-refractivity contribution is 5.62. The predicted molar refractivity (Wildman–Crippen MR) is 87.8 cm³/mol. The van der Waals surface area contributed by atoms with E-state index in [-0.39, 0.29) is 0 Å². The van der Waals surface area contributed by atoms with Crippen LogP contribution in [0.15, 0.2) is 60.2 Å². The third-order valence-corrected chi connectivity index (χ3v) is 4.88. The fourth-order valence-electron chi connectivity index (χ4n) is 3.92. The number of hydrogen-bond acceptors (Lipinski definition) is 1. The van der Waals surface area contributed by atoms with Gasteiger partial charge in [0.05, 0.1) is 0 Å². The van der Waals surface area contributed by atoms with E-state index in [0.717, 1.165) is 13.0 Å². The van der Waals surface area contributed by atoms with Crippen LogP contribution in [0.3, 0.4) is 0 Å². The highest BCUT2D eigenvalue weighted by Gasteiger charge is 2.37. The molecule has 5 rings (SSSR count). The van der Waals surface area contributed by atoms with Crippen molar-refractivity contribution in [3.05, 3.63) is 82.4 Å². The first-order valence-corrected chi connectivity index (χ1v) is 7.78. The smallest absolute Gasteiger partial charge is 0.0305 e. The first-order chi connectivity index (χ1) is 10.3. The Morgan fingerprint density at radius 3 is 1.86 bits per heavy atom. The minimum atomic E-state index is 0.458. The molecule has 0 amide bonds. The summed E-state index contributed by atoms with van der Waals surface area (Å²) in [7, 11) is 4.31. The molecule has 0 N–H and O–H groups in total. The predicted octanol–water partition coefficient (Wildman–Crippen LogP) is 4.16. The molecule has 106 valence electrons. The molecule has 2 aromatic rings. The lowest BCUT2D eigenvalue weighted by atomic mass is 9.64. The molecule has 0 saturated heterocycles. The van der Waals surface area contributed by atoms with Gasteiger partial charge in [-0.3, -0.25) is 0 Å². The zero-order valence-corrected chi connectivity index (χ0v) is 12.7. The summed E-state index contributed by atoms with van der Waals surface area (Å²) < 4.78 is 0. The zero-order valence-electron chi connectivity index (χ0n) is 12.7. The minimum Gasteiger partial charge on any atom is -0.309 e. The summed E-state index contributed by atoms with van der Waals surface area (Å²) in [6, 6.07) is 18.0. The van der Waals surface area contributed by atoms with E-state index in [9.17, 15) is 0 Å².